The van der Waals surface area contributed by atoms with Crippen molar-refractivity contribution in [2.24, 2.45) is 0 Å². The smallest absolute Gasteiger partial charge is 0.366 e. The zero-order valence-corrected chi connectivity index (χ0v) is 25.2. The normalized spacial score (nSPS) is 12.8. The molecule has 0 radical (unpaired) electrons. The molecule has 3 N–H and O–H groups in total. The van der Waals surface area contributed by atoms with Crippen molar-refractivity contribution in [3.8, 4) is 5.69 Å². The summed E-state index contributed by atoms with van der Waals surface area (Å²) in [5, 5.41) is 10.6. The fourth-order valence-corrected chi connectivity index (χ4v) is 5.40. The van der Waals surface area contributed by atoms with Crippen LogP contribution < -0.4 is 16.0 Å². The van der Waals surface area contributed by atoms with E-state index in [9.17, 15) is 22.8 Å². The van der Waals surface area contributed by atoms with Crippen LogP contribution in [0.4, 0.5) is 30.4 Å². The molecule has 0 atom stereocenters. The molecule has 1 aliphatic carbocycles. The van der Waals surface area contributed by atoms with E-state index in [1.54, 1.807) is 37.4 Å². The number of imidazole rings is 1. The summed E-state index contributed by atoms with van der Waals surface area (Å²) in [6.45, 7) is 7.46. The van der Waals surface area contributed by atoms with E-state index >= 15 is 0 Å². The Kier molecular flexibility index (Phi) is 8.68. The number of nitrogens with one attached hydrogen (secondary N) is 3. The molecule has 44 heavy (non-hydrogen) atoms. The standard InChI is InChI=1S/C29H24F3N7O2S.C2H6/c1-15-3-5-19(37-27(40)17-4-8-23(21(9-17)29(30,31)32)39-11-16(2)35-14-39)10-22(15)38-28(41)20-12-42-25-24(20)33-13-34-26(25)36-18-6-7-18;1-2/h3-5,8-14,18H,6-7H2,1-2H3,(H,37,40)(H,38,41)(H,33,34,36);1-2H3. The minimum Gasteiger partial charge on any atom is -0.366 e. The molecule has 1 saturated carbocycles. The first-order valence-electron chi connectivity index (χ1n) is 14.0. The predicted molar refractivity (Wildman–Crippen MR) is 166 cm³/mol. The highest BCUT2D eigenvalue weighted by Gasteiger charge is 2.35. The number of carbonyl (C=O) groups is 2. The number of carbonyl (C=O) groups excluding carboxylic acids is 2. The van der Waals surface area contributed by atoms with Crippen LogP contribution in [0.15, 0.2) is 60.6 Å². The molecule has 0 spiro atoms. The van der Waals surface area contributed by atoms with E-state index in [0.717, 1.165) is 29.2 Å². The van der Waals surface area contributed by atoms with Gasteiger partial charge in [0, 0.05) is 34.6 Å². The number of aromatic nitrogens is 4. The summed E-state index contributed by atoms with van der Waals surface area (Å²) in [6, 6.07) is 8.63. The van der Waals surface area contributed by atoms with Crippen LogP contribution in [0.5, 0.6) is 0 Å². The molecule has 13 heteroatoms. The van der Waals surface area contributed by atoms with Gasteiger partial charge in [-0.3, -0.25) is 9.59 Å². The molecule has 0 bridgehead atoms. The molecular weight excluding hydrogens is 591 g/mol. The minimum absolute atomic E-state index is 0.137. The third kappa shape index (κ3) is 6.57. The molecule has 228 valence electrons. The van der Waals surface area contributed by atoms with E-state index in [2.05, 4.69) is 30.9 Å². The maximum atomic E-state index is 13.9. The molecule has 1 aliphatic rings. The SMILES string of the molecule is CC.Cc1cn(-c2ccc(C(=O)Nc3ccc(C)c(NC(=O)c4csc5c(NC6CC6)ncnc45)c3)cc2C(F)(F)F)cn1. The quantitative estimate of drug-likeness (QED) is 0.172. The van der Waals surface area contributed by atoms with Crippen molar-refractivity contribution < 1.29 is 22.8 Å². The van der Waals surface area contributed by atoms with Gasteiger partial charge in [0.2, 0.25) is 0 Å². The Bertz CT molecular complexity index is 1840. The lowest BCUT2D eigenvalue weighted by Gasteiger charge is -2.15. The van der Waals surface area contributed by atoms with Crippen LogP contribution in [0.25, 0.3) is 15.9 Å². The molecule has 9 nitrogen and oxygen atoms in total. The van der Waals surface area contributed by atoms with Crippen LogP contribution in [0.2, 0.25) is 0 Å². The third-order valence-electron chi connectivity index (χ3n) is 6.81. The second-order valence-corrected chi connectivity index (χ2v) is 10.9. The minimum atomic E-state index is -4.70. The molecule has 3 aromatic heterocycles. The summed E-state index contributed by atoms with van der Waals surface area (Å²) in [5.41, 5.74) is 1.67. The Morgan fingerprint density at radius 3 is 2.43 bits per heavy atom. The summed E-state index contributed by atoms with van der Waals surface area (Å²) in [6.07, 6.45) is 1.65. The topological polar surface area (TPSA) is 114 Å². The highest BCUT2D eigenvalue weighted by molar-refractivity contribution is 7.18. The molecule has 2 amide bonds. The Morgan fingerprint density at radius 2 is 1.75 bits per heavy atom. The summed E-state index contributed by atoms with van der Waals surface area (Å²) in [5.74, 6) is -0.412. The molecule has 0 aliphatic heterocycles. The van der Waals surface area contributed by atoms with Gasteiger partial charge >= 0.3 is 6.18 Å². The fraction of sp³-hybridized carbons (Fsp3) is 0.258. The predicted octanol–water partition coefficient (Wildman–Crippen LogP) is 7.62. The molecule has 5 aromatic rings. The van der Waals surface area contributed by atoms with Crippen molar-refractivity contribution in [3.63, 3.8) is 0 Å². The van der Waals surface area contributed by atoms with Crippen molar-refractivity contribution >= 4 is 50.6 Å². The Labute approximate surface area is 255 Å². The molecule has 2 aromatic carbocycles. The molecule has 3 heterocycles. The van der Waals surface area contributed by atoms with Gasteiger partial charge in [-0.1, -0.05) is 19.9 Å². The summed E-state index contributed by atoms with van der Waals surface area (Å²) < 4.78 is 43.8. The van der Waals surface area contributed by atoms with Crippen molar-refractivity contribution in [1.29, 1.82) is 0 Å². The number of thiophene rings is 1. The Hall–Kier alpha value is -4.78. The summed E-state index contributed by atoms with van der Waals surface area (Å²) >= 11 is 1.38. The number of aryl methyl sites for hydroxylation is 2. The van der Waals surface area contributed by atoms with Gasteiger partial charge in [0.25, 0.3) is 11.8 Å². The molecule has 0 unspecified atom stereocenters. The average Bonchev–Trinajstić information content (AvgIpc) is 3.53. The number of anilines is 3. The van der Waals surface area contributed by atoms with E-state index < -0.39 is 17.6 Å². The van der Waals surface area contributed by atoms with Gasteiger partial charge in [-0.25, -0.2) is 15.0 Å². The van der Waals surface area contributed by atoms with Crippen LogP contribution >= 0.6 is 11.3 Å². The van der Waals surface area contributed by atoms with E-state index in [0.29, 0.717) is 40.0 Å². The number of hydrogen-bond acceptors (Lipinski definition) is 7. The maximum absolute atomic E-state index is 13.9. The number of nitrogens with zero attached hydrogens (tertiary/aromatic N) is 4. The lowest BCUT2D eigenvalue weighted by molar-refractivity contribution is -0.137. The van der Waals surface area contributed by atoms with Crippen LogP contribution in [0.3, 0.4) is 0 Å². The van der Waals surface area contributed by atoms with Crippen LogP contribution in [0.1, 0.15) is 64.2 Å². The van der Waals surface area contributed by atoms with Gasteiger partial charge in [-0.2, -0.15) is 13.2 Å². The van der Waals surface area contributed by atoms with Crippen molar-refractivity contribution in [2.45, 2.75) is 52.8 Å². The third-order valence-corrected chi connectivity index (χ3v) is 7.79. The Morgan fingerprint density at radius 1 is 0.977 bits per heavy atom. The molecular formula is C31H30F3N7O2S. The zero-order chi connectivity index (χ0) is 31.6. The fourth-order valence-electron chi connectivity index (χ4n) is 4.45. The van der Waals surface area contributed by atoms with Gasteiger partial charge < -0.3 is 20.5 Å². The monoisotopic (exact) mass is 621 g/mol. The molecule has 6 rings (SSSR count). The lowest BCUT2D eigenvalue weighted by Crippen LogP contribution is -2.17. The van der Waals surface area contributed by atoms with Crippen molar-refractivity contribution in [3.05, 3.63) is 88.6 Å². The van der Waals surface area contributed by atoms with Crippen LogP contribution in [-0.2, 0) is 6.18 Å². The van der Waals surface area contributed by atoms with Crippen molar-refractivity contribution in [2.75, 3.05) is 16.0 Å². The van der Waals surface area contributed by atoms with Gasteiger partial charge in [0.1, 0.15) is 12.1 Å². The largest absolute Gasteiger partial charge is 0.418 e. The number of rotatable bonds is 7. The average molecular weight is 622 g/mol. The molecule has 0 saturated heterocycles. The van der Waals surface area contributed by atoms with Gasteiger partial charge in [0.05, 0.1) is 39.1 Å². The van der Waals surface area contributed by atoms with E-state index in [1.165, 1.54) is 46.9 Å². The van der Waals surface area contributed by atoms with E-state index in [1.807, 2.05) is 13.8 Å². The number of alkyl halides is 3. The highest BCUT2D eigenvalue weighted by atomic mass is 32.1. The van der Waals surface area contributed by atoms with Gasteiger partial charge in [0.15, 0.2) is 0 Å². The van der Waals surface area contributed by atoms with Crippen molar-refractivity contribution in [1.82, 2.24) is 19.5 Å². The summed E-state index contributed by atoms with van der Waals surface area (Å²) in [4.78, 5) is 38.9. The number of hydrogen-bond donors (Lipinski definition) is 3. The van der Waals surface area contributed by atoms with Gasteiger partial charge in [-0.15, -0.1) is 11.3 Å². The second kappa shape index (κ2) is 12.4. The first-order valence-corrected chi connectivity index (χ1v) is 14.9. The first kappa shape index (κ1) is 30.7. The highest BCUT2D eigenvalue weighted by Crippen LogP contribution is 2.36. The van der Waals surface area contributed by atoms with Crippen LogP contribution in [0, 0.1) is 13.8 Å². The van der Waals surface area contributed by atoms with Gasteiger partial charge in [-0.05, 0) is 62.6 Å². The number of benzene rings is 2. The number of fused-ring (bicyclic) bond motifs is 1. The molecule has 1 fully saturated rings. The zero-order valence-electron chi connectivity index (χ0n) is 24.4. The van der Waals surface area contributed by atoms with Crippen LogP contribution in [-0.4, -0.2) is 37.4 Å². The first-order chi connectivity index (χ1) is 21.1. The second-order valence-electron chi connectivity index (χ2n) is 10.1. The van der Waals surface area contributed by atoms with E-state index in [4.69, 9.17) is 0 Å². The Balaban J connectivity index is 0.00000188. The lowest BCUT2D eigenvalue weighted by atomic mass is 10.1. The summed E-state index contributed by atoms with van der Waals surface area (Å²) in [7, 11) is 0. The number of amides is 2. The maximum Gasteiger partial charge on any atom is 0.418 e. The van der Waals surface area contributed by atoms with E-state index in [-0.39, 0.29) is 17.2 Å². The number of halogens is 3.